The standard InChI is InChI=1S/C11H17NO2/c1-8-10(7-12)6-11(14-8)9-2-4-13-5-3-9/h6,9H,2-5,7,12H2,1H3. The van der Waals surface area contributed by atoms with Gasteiger partial charge in [0.2, 0.25) is 0 Å². The van der Waals surface area contributed by atoms with Crippen molar-refractivity contribution in [3.05, 3.63) is 23.2 Å². The second-order valence-corrected chi connectivity index (χ2v) is 3.82. The largest absolute Gasteiger partial charge is 0.466 e. The van der Waals surface area contributed by atoms with Gasteiger partial charge in [0, 0.05) is 31.2 Å². The van der Waals surface area contributed by atoms with E-state index in [2.05, 4.69) is 6.07 Å². The molecule has 2 N–H and O–H groups in total. The zero-order chi connectivity index (χ0) is 9.97. The van der Waals surface area contributed by atoms with Gasteiger partial charge in [0.15, 0.2) is 0 Å². The molecule has 0 unspecified atom stereocenters. The molecule has 0 atom stereocenters. The molecule has 0 bridgehead atoms. The Hall–Kier alpha value is -0.800. The van der Waals surface area contributed by atoms with Crippen molar-refractivity contribution in [2.45, 2.75) is 32.2 Å². The van der Waals surface area contributed by atoms with Crippen LogP contribution in [0.3, 0.4) is 0 Å². The van der Waals surface area contributed by atoms with Crippen LogP contribution in [0.25, 0.3) is 0 Å². The fourth-order valence-electron chi connectivity index (χ4n) is 1.93. The first-order chi connectivity index (χ1) is 6.81. The van der Waals surface area contributed by atoms with Gasteiger partial charge in [-0.15, -0.1) is 0 Å². The van der Waals surface area contributed by atoms with E-state index >= 15 is 0 Å². The first-order valence-electron chi connectivity index (χ1n) is 5.18. The minimum Gasteiger partial charge on any atom is -0.466 e. The molecule has 1 aliphatic rings. The number of hydrogen-bond acceptors (Lipinski definition) is 3. The lowest BCUT2D eigenvalue weighted by atomic mass is 9.97. The van der Waals surface area contributed by atoms with Crippen LogP contribution in [0.5, 0.6) is 0 Å². The average Bonchev–Trinajstić information content (AvgIpc) is 2.61. The minimum absolute atomic E-state index is 0.530. The number of furan rings is 1. The summed E-state index contributed by atoms with van der Waals surface area (Å²) in [5, 5.41) is 0. The van der Waals surface area contributed by atoms with E-state index in [0.717, 1.165) is 43.1 Å². The van der Waals surface area contributed by atoms with Crippen molar-refractivity contribution in [1.29, 1.82) is 0 Å². The molecule has 0 aliphatic carbocycles. The van der Waals surface area contributed by atoms with Crippen LogP contribution in [0.1, 0.15) is 35.8 Å². The van der Waals surface area contributed by atoms with Crippen molar-refractivity contribution in [2.24, 2.45) is 5.73 Å². The third-order valence-corrected chi connectivity index (χ3v) is 2.88. The summed E-state index contributed by atoms with van der Waals surface area (Å²) in [7, 11) is 0. The van der Waals surface area contributed by atoms with E-state index < -0.39 is 0 Å². The molecular formula is C11H17NO2. The highest BCUT2D eigenvalue weighted by atomic mass is 16.5. The minimum atomic E-state index is 0.530. The summed E-state index contributed by atoms with van der Waals surface area (Å²) >= 11 is 0. The average molecular weight is 195 g/mol. The Labute approximate surface area is 84.2 Å². The van der Waals surface area contributed by atoms with E-state index in [-0.39, 0.29) is 0 Å². The quantitative estimate of drug-likeness (QED) is 0.784. The maximum absolute atomic E-state index is 5.71. The van der Waals surface area contributed by atoms with Crippen molar-refractivity contribution in [2.75, 3.05) is 13.2 Å². The SMILES string of the molecule is Cc1oc(C2CCOCC2)cc1CN. The van der Waals surface area contributed by atoms with Crippen LogP contribution in [0.2, 0.25) is 0 Å². The van der Waals surface area contributed by atoms with Gasteiger partial charge in [0.25, 0.3) is 0 Å². The van der Waals surface area contributed by atoms with E-state index in [4.69, 9.17) is 14.9 Å². The molecule has 1 aromatic heterocycles. The second kappa shape index (κ2) is 4.15. The Morgan fingerprint density at radius 3 is 2.71 bits per heavy atom. The van der Waals surface area contributed by atoms with Crippen LogP contribution in [0.15, 0.2) is 10.5 Å². The van der Waals surface area contributed by atoms with E-state index in [1.165, 1.54) is 0 Å². The van der Waals surface area contributed by atoms with Crippen molar-refractivity contribution in [3.63, 3.8) is 0 Å². The zero-order valence-corrected chi connectivity index (χ0v) is 8.58. The van der Waals surface area contributed by atoms with Crippen molar-refractivity contribution in [3.8, 4) is 0 Å². The van der Waals surface area contributed by atoms with Crippen LogP contribution in [0, 0.1) is 6.92 Å². The number of nitrogens with two attached hydrogens (primary N) is 1. The molecule has 1 saturated heterocycles. The highest BCUT2D eigenvalue weighted by molar-refractivity contribution is 5.22. The molecule has 0 spiro atoms. The maximum Gasteiger partial charge on any atom is 0.107 e. The number of hydrogen-bond donors (Lipinski definition) is 1. The predicted molar refractivity (Wildman–Crippen MR) is 54.1 cm³/mol. The summed E-state index contributed by atoms with van der Waals surface area (Å²) in [6, 6.07) is 2.10. The third kappa shape index (κ3) is 1.83. The summed E-state index contributed by atoms with van der Waals surface area (Å²) in [5.74, 6) is 2.59. The Morgan fingerprint density at radius 1 is 1.43 bits per heavy atom. The van der Waals surface area contributed by atoms with Crippen LogP contribution in [-0.2, 0) is 11.3 Å². The summed E-state index contributed by atoms with van der Waals surface area (Å²) < 4.78 is 11.0. The normalized spacial score (nSPS) is 18.7. The Kier molecular flexibility index (Phi) is 2.89. The fourth-order valence-corrected chi connectivity index (χ4v) is 1.93. The molecule has 2 heterocycles. The first kappa shape index (κ1) is 9.74. The Bertz CT molecular complexity index is 300. The van der Waals surface area contributed by atoms with E-state index in [1.54, 1.807) is 0 Å². The summed E-state index contributed by atoms with van der Waals surface area (Å²) in [6.07, 6.45) is 2.13. The molecule has 2 rings (SSSR count). The third-order valence-electron chi connectivity index (χ3n) is 2.88. The van der Waals surface area contributed by atoms with Crippen molar-refractivity contribution in [1.82, 2.24) is 0 Å². The fraction of sp³-hybridized carbons (Fsp3) is 0.636. The summed E-state index contributed by atoms with van der Waals surface area (Å²) in [6.45, 7) is 4.24. The van der Waals surface area contributed by atoms with Gasteiger partial charge in [-0.25, -0.2) is 0 Å². The van der Waals surface area contributed by atoms with E-state index in [9.17, 15) is 0 Å². The molecule has 78 valence electrons. The molecule has 3 heteroatoms. The molecule has 14 heavy (non-hydrogen) atoms. The van der Waals surface area contributed by atoms with Gasteiger partial charge < -0.3 is 14.9 Å². The topological polar surface area (TPSA) is 48.4 Å². The van der Waals surface area contributed by atoms with Crippen molar-refractivity contribution >= 4 is 0 Å². The molecule has 1 fully saturated rings. The molecule has 0 aromatic carbocycles. The summed E-state index contributed by atoms with van der Waals surface area (Å²) in [4.78, 5) is 0. The van der Waals surface area contributed by atoms with Gasteiger partial charge in [-0.2, -0.15) is 0 Å². The van der Waals surface area contributed by atoms with E-state index in [1.807, 2.05) is 6.92 Å². The highest BCUT2D eigenvalue weighted by Gasteiger charge is 2.20. The van der Waals surface area contributed by atoms with Gasteiger partial charge in [-0.05, 0) is 25.8 Å². The lowest BCUT2D eigenvalue weighted by Gasteiger charge is -2.19. The number of aryl methyl sites for hydroxylation is 1. The highest BCUT2D eigenvalue weighted by Crippen LogP contribution is 2.29. The molecule has 3 nitrogen and oxygen atoms in total. The lowest BCUT2D eigenvalue weighted by molar-refractivity contribution is 0.0804. The Morgan fingerprint density at radius 2 is 2.14 bits per heavy atom. The first-order valence-corrected chi connectivity index (χ1v) is 5.18. The van der Waals surface area contributed by atoms with Gasteiger partial charge in [0.1, 0.15) is 11.5 Å². The van der Waals surface area contributed by atoms with Crippen LogP contribution >= 0.6 is 0 Å². The van der Waals surface area contributed by atoms with Gasteiger partial charge >= 0.3 is 0 Å². The molecule has 0 radical (unpaired) electrons. The van der Waals surface area contributed by atoms with Gasteiger partial charge in [-0.1, -0.05) is 0 Å². The molecule has 0 amide bonds. The monoisotopic (exact) mass is 195 g/mol. The van der Waals surface area contributed by atoms with Crippen LogP contribution < -0.4 is 5.73 Å². The van der Waals surface area contributed by atoms with E-state index in [0.29, 0.717) is 12.5 Å². The second-order valence-electron chi connectivity index (χ2n) is 3.82. The molecule has 0 saturated carbocycles. The number of ether oxygens (including phenoxy) is 1. The maximum atomic E-state index is 5.71. The summed E-state index contributed by atoms with van der Waals surface area (Å²) in [5.41, 5.74) is 6.74. The molecular weight excluding hydrogens is 178 g/mol. The zero-order valence-electron chi connectivity index (χ0n) is 8.58. The predicted octanol–water partition coefficient (Wildman–Crippen LogP) is 1.94. The Balaban J connectivity index is 2.14. The lowest BCUT2D eigenvalue weighted by Crippen LogP contribution is -2.13. The molecule has 1 aliphatic heterocycles. The van der Waals surface area contributed by atoms with Gasteiger partial charge in [0.05, 0.1) is 0 Å². The van der Waals surface area contributed by atoms with Gasteiger partial charge in [-0.3, -0.25) is 0 Å². The molecule has 1 aromatic rings. The van der Waals surface area contributed by atoms with Crippen molar-refractivity contribution < 1.29 is 9.15 Å². The number of rotatable bonds is 2. The smallest absolute Gasteiger partial charge is 0.107 e. The van der Waals surface area contributed by atoms with Crippen LogP contribution in [0.4, 0.5) is 0 Å². The van der Waals surface area contributed by atoms with Crippen LogP contribution in [-0.4, -0.2) is 13.2 Å².